The second kappa shape index (κ2) is 5.68. The molecule has 1 aliphatic heterocycles. The van der Waals surface area contributed by atoms with Gasteiger partial charge in [-0.1, -0.05) is 19.4 Å². The highest BCUT2D eigenvalue weighted by atomic mass is 16.6. The molecule has 3 amide bonds. The number of non-ortho nitro benzene ring substituents is 1. The number of nitrogens with one attached hydrogen (secondary N) is 1. The van der Waals surface area contributed by atoms with E-state index in [1.807, 2.05) is 6.92 Å². The molecular weight excluding hydrogens is 262 g/mol. The van der Waals surface area contributed by atoms with E-state index < -0.39 is 11.0 Å². The molecule has 2 rings (SSSR count). The molecule has 1 saturated heterocycles. The fourth-order valence-electron chi connectivity index (χ4n) is 2.22. The van der Waals surface area contributed by atoms with Gasteiger partial charge in [0.05, 0.1) is 16.5 Å². The fraction of sp³-hybridized carbons (Fsp3) is 0.385. The fourth-order valence-corrected chi connectivity index (χ4v) is 2.22. The van der Waals surface area contributed by atoms with Gasteiger partial charge in [0.1, 0.15) is 0 Å². The summed E-state index contributed by atoms with van der Waals surface area (Å²) in [7, 11) is 0. The van der Waals surface area contributed by atoms with Crippen LogP contribution in [0.25, 0.3) is 0 Å². The summed E-state index contributed by atoms with van der Waals surface area (Å²) in [6.07, 6.45) is 1.50. The number of urea groups is 1. The van der Waals surface area contributed by atoms with Gasteiger partial charge in [-0.15, -0.1) is 0 Å². The largest absolute Gasteiger partial charge is 0.337 e. The van der Waals surface area contributed by atoms with Gasteiger partial charge in [-0.25, -0.2) is 9.69 Å². The van der Waals surface area contributed by atoms with Crippen molar-refractivity contribution >= 4 is 23.3 Å². The molecule has 0 bridgehead atoms. The molecule has 1 N–H and O–H groups in total. The van der Waals surface area contributed by atoms with E-state index in [9.17, 15) is 19.7 Å². The van der Waals surface area contributed by atoms with Crippen LogP contribution in [0.3, 0.4) is 0 Å². The molecule has 1 aromatic rings. The molecule has 0 radical (unpaired) electrons. The van der Waals surface area contributed by atoms with Crippen LogP contribution < -0.4 is 10.2 Å². The van der Waals surface area contributed by atoms with Crippen molar-refractivity contribution in [1.82, 2.24) is 5.32 Å². The number of nitro benzene ring substituents is 1. The molecule has 0 aliphatic carbocycles. The number of rotatable bonds is 4. The molecule has 1 unspecified atom stereocenters. The molecule has 0 spiro atoms. The lowest BCUT2D eigenvalue weighted by Crippen LogP contribution is -2.55. The Morgan fingerprint density at radius 2 is 2.20 bits per heavy atom. The number of hydrogen-bond donors (Lipinski definition) is 1. The van der Waals surface area contributed by atoms with Crippen molar-refractivity contribution in [2.45, 2.75) is 19.8 Å². The van der Waals surface area contributed by atoms with Gasteiger partial charge >= 0.3 is 6.03 Å². The zero-order valence-corrected chi connectivity index (χ0v) is 11.0. The molecular formula is C13H15N3O4. The lowest BCUT2D eigenvalue weighted by Gasteiger charge is -2.31. The van der Waals surface area contributed by atoms with Crippen molar-refractivity contribution < 1.29 is 14.5 Å². The molecule has 1 aromatic carbocycles. The molecule has 1 atom stereocenters. The Kier molecular flexibility index (Phi) is 3.97. The Balaban J connectivity index is 2.33. The quantitative estimate of drug-likeness (QED) is 0.673. The highest BCUT2D eigenvalue weighted by molar-refractivity contribution is 6.16. The van der Waals surface area contributed by atoms with Crippen molar-refractivity contribution in [2.24, 2.45) is 5.92 Å². The van der Waals surface area contributed by atoms with Gasteiger partial charge in [-0.3, -0.25) is 14.9 Å². The number of benzene rings is 1. The third-order valence-corrected chi connectivity index (χ3v) is 3.21. The van der Waals surface area contributed by atoms with E-state index in [4.69, 9.17) is 0 Å². The average molecular weight is 277 g/mol. The molecule has 0 aromatic heterocycles. The maximum atomic E-state index is 12.3. The van der Waals surface area contributed by atoms with Gasteiger partial charge in [0, 0.05) is 18.7 Å². The average Bonchev–Trinajstić information content (AvgIpc) is 2.43. The number of imide groups is 1. The summed E-state index contributed by atoms with van der Waals surface area (Å²) < 4.78 is 0. The van der Waals surface area contributed by atoms with Crippen molar-refractivity contribution in [3.8, 4) is 0 Å². The van der Waals surface area contributed by atoms with Crippen LogP contribution in [0.15, 0.2) is 24.3 Å². The Morgan fingerprint density at radius 1 is 1.45 bits per heavy atom. The molecule has 1 heterocycles. The topological polar surface area (TPSA) is 92.6 Å². The molecule has 7 nitrogen and oxygen atoms in total. The summed E-state index contributed by atoms with van der Waals surface area (Å²) in [5, 5.41) is 13.4. The van der Waals surface area contributed by atoms with Crippen LogP contribution in [0.4, 0.5) is 16.2 Å². The van der Waals surface area contributed by atoms with E-state index in [2.05, 4.69) is 5.32 Å². The molecule has 20 heavy (non-hydrogen) atoms. The maximum absolute atomic E-state index is 12.3. The first kappa shape index (κ1) is 14.0. The third kappa shape index (κ3) is 2.61. The number of carbonyl (C=O) groups is 2. The van der Waals surface area contributed by atoms with Gasteiger partial charge in [-0.05, 0) is 12.5 Å². The summed E-state index contributed by atoms with van der Waals surface area (Å²) >= 11 is 0. The van der Waals surface area contributed by atoms with E-state index in [0.717, 1.165) is 11.3 Å². The number of carbonyl (C=O) groups excluding carboxylic acids is 2. The summed E-state index contributed by atoms with van der Waals surface area (Å²) in [6, 6.07) is 4.98. The number of nitrogens with zero attached hydrogens (tertiary/aromatic N) is 2. The van der Waals surface area contributed by atoms with Gasteiger partial charge in [-0.2, -0.15) is 0 Å². The Hall–Kier alpha value is -2.44. The Bertz CT molecular complexity index is 558. The minimum absolute atomic E-state index is 0.152. The molecule has 7 heteroatoms. The monoisotopic (exact) mass is 277 g/mol. The number of amides is 3. The number of nitro groups is 1. The first-order valence-electron chi connectivity index (χ1n) is 6.41. The number of hydrogen-bond acceptors (Lipinski definition) is 4. The first-order valence-corrected chi connectivity index (χ1v) is 6.41. The van der Waals surface area contributed by atoms with Crippen LogP contribution in [0.1, 0.15) is 19.8 Å². The zero-order valence-electron chi connectivity index (χ0n) is 11.0. The molecule has 0 saturated carbocycles. The smallest absolute Gasteiger partial charge is 0.328 e. The summed E-state index contributed by atoms with van der Waals surface area (Å²) in [5.41, 5.74) is 0.0724. The lowest BCUT2D eigenvalue weighted by atomic mass is 10.00. The summed E-state index contributed by atoms with van der Waals surface area (Å²) in [4.78, 5) is 35.4. The molecule has 1 aliphatic rings. The SMILES string of the molecule is CCCC1CNC(=O)N(c2cccc([N+](=O)[O-])c2)C1=O. The van der Waals surface area contributed by atoms with Gasteiger partial charge in [0.2, 0.25) is 5.91 Å². The third-order valence-electron chi connectivity index (χ3n) is 3.21. The molecule has 1 fully saturated rings. The Morgan fingerprint density at radius 3 is 2.85 bits per heavy atom. The van der Waals surface area contributed by atoms with E-state index in [1.54, 1.807) is 0 Å². The van der Waals surface area contributed by atoms with E-state index in [1.165, 1.54) is 24.3 Å². The minimum atomic E-state index is -0.556. The van der Waals surface area contributed by atoms with Gasteiger partial charge in [0.25, 0.3) is 5.69 Å². The number of anilines is 1. The lowest BCUT2D eigenvalue weighted by molar-refractivity contribution is -0.384. The maximum Gasteiger partial charge on any atom is 0.328 e. The van der Waals surface area contributed by atoms with Crippen molar-refractivity contribution in [2.75, 3.05) is 11.4 Å². The predicted molar refractivity (Wildman–Crippen MR) is 72.4 cm³/mol. The van der Waals surface area contributed by atoms with E-state index in [0.29, 0.717) is 13.0 Å². The highest BCUT2D eigenvalue weighted by Gasteiger charge is 2.35. The van der Waals surface area contributed by atoms with Crippen LogP contribution in [0.2, 0.25) is 0 Å². The van der Waals surface area contributed by atoms with Gasteiger partial charge in [0.15, 0.2) is 0 Å². The van der Waals surface area contributed by atoms with Crippen LogP contribution in [-0.2, 0) is 4.79 Å². The second-order valence-electron chi connectivity index (χ2n) is 4.62. The van der Waals surface area contributed by atoms with Crippen LogP contribution in [0, 0.1) is 16.0 Å². The second-order valence-corrected chi connectivity index (χ2v) is 4.62. The van der Waals surface area contributed by atoms with E-state index >= 15 is 0 Å². The van der Waals surface area contributed by atoms with Crippen LogP contribution in [0.5, 0.6) is 0 Å². The van der Waals surface area contributed by atoms with Crippen molar-refractivity contribution in [3.05, 3.63) is 34.4 Å². The Labute approximate surface area is 115 Å². The normalized spacial score (nSPS) is 18.9. The predicted octanol–water partition coefficient (Wildman–Crippen LogP) is 2.07. The first-order chi connectivity index (χ1) is 9.54. The van der Waals surface area contributed by atoms with Gasteiger partial charge < -0.3 is 5.32 Å². The zero-order chi connectivity index (χ0) is 14.7. The van der Waals surface area contributed by atoms with Crippen LogP contribution in [-0.4, -0.2) is 23.4 Å². The van der Waals surface area contributed by atoms with Crippen molar-refractivity contribution in [1.29, 1.82) is 0 Å². The van der Waals surface area contributed by atoms with Crippen molar-refractivity contribution in [3.63, 3.8) is 0 Å². The van der Waals surface area contributed by atoms with Crippen LogP contribution >= 0.6 is 0 Å². The summed E-state index contributed by atoms with van der Waals surface area (Å²) in [5.74, 6) is -0.590. The standard InChI is InChI=1S/C13H15N3O4/c1-2-4-9-8-14-13(18)15(12(9)17)10-5-3-6-11(7-10)16(19)20/h3,5-7,9H,2,4,8H2,1H3,(H,14,18). The minimum Gasteiger partial charge on any atom is -0.337 e. The summed E-state index contributed by atoms with van der Waals surface area (Å²) in [6.45, 7) is 2.28. The highest BCUT2D eigenvalue weighted by Crippen LogP contribution is 2.25. The van der Waals surface area contributed by atoms with E-state index in [-0.39, 0.29) is 23.2 Å². The molecule has 106 valence electrons.